The summed E-state index contributed by atoms with van der Waals surface area (Å²) in [5, 5.41) is 19.2. The minimum atomic E-state index is -5.23. The second-order valence-electron chi connectivity index (χ2n) is 4.40. The monoisotopic (exact) mass is 346 g/mol. The molecule has 0 radical (unpaired) electrons. The van der Waals surface area contributed by atoms with E-state index in [1.807, 2.05) is 0 Å². The Labute approximate surface area is 126 Å². The fourth-order valence-corrected chi connectivity index (χ4v) is 1.89. The Morgan fingerprint density at radius 1 is 1.09 bits per heavy atom. The average Bonchev–Trinajstić information content (AvgIpc) is 2.43. The van der Waals surface area contributed by atoms with Crippen molar-refractivity contribution in [2.75, 3.05) is 6.61 Å². The van der Waals surface area contributed by atoms with E-state index in [0.29, 0.717) is 18.2 Å². The molecule has 1 rings (SSSR count). The molecule has 0 heterocycles. The molecule has 23 heavy (non-hydrogen) atoms. The fraction of sp³-hybridized carbons (Fsp3) is 0.462. The van der Waals surface area contributed by atoms with E-state index in [4.69, 9.17) is 0 Å². The van der Waals surface area contributed by atoms with Gasteiger partial charge in [0.05, 0.1) is 17.7 Å². The number of aliphatic hydroxyl groups is 2. The van der Waals surface area contributed by atoms with Gasteiger partial charge in [0.15, 0.2) is 6.10 Å². The molecule has 0 saturated heterocycles. The van der Waals surface area contributed by atoms with Gasteiger partial charge in [0, 0.05) is 5.56 Å². The molecule has 10 heteroatoms. The molecule has 2 N–H and O–H groups in total. The van der Waals surface area contributed by atoms with Gasteiger partial charge in [-0.15, -0.1) is 0 Å². The van der Waals surface area contributed by atoms with Gasteiger partial charge < -0.3 is 14.9 Å². The Balaban J connectivity index is 3.50. The van der Waals surface area contributed by atoms with Crippen LogP contribution in [0.25, 0.3) is 0 Å². The Hall–Kier alpha value is -1.81. The van der Waals surface area contributed by atoms with E-state index < -0.39 is 47.2 Å². The third kappa shape index (κ3) is 4.35. The van der Waals surface area contributed by atoms with Crippen LogP contribution in [-0.2, 0) is 21.9 Å². The zero-order chi connectivity index (χ0) is 18.0. The molecule has 4 nitrogen and oxygen atoms in total. The summed E-state index contributed by atoms with van der Waals surface area (Å²) >= 11 is 0. The lowest BCUT2D eigenvalue weighted by Gasteiger charge is -2.24. The van der Waals surface area contributed by atoms with Gasteiger partial charge in [-0.2, -0.15) is 26.3 Å². The topological polar surface area (TPSA) is 66.8 Å². The van der Waals surface area contributed by atoms with E-state index in [1.165, 1.54) is 6.92 Å². The maximum Gasteiger partial charge on any atom is 0.416 e. The molecule has 2 unspecified atom stereocenters. The van der Waals surface area contributed by atoms with E-state index >= 15 is 0 Å². The summed E-state index contributed by atoms with van der Waals surface area (Å²) in [5.74, 6) is -1.54. The van der Waals surface area contributed by atoms with E-state index in [2.05, 4.69) is 4.74 Å². The number of carbonyl (C=O) groups excluding carboxylic acids is 1. The summed E-state index contributed by atoms with van der Waals surface area (Å²) in [6.45, 7) is 1.03. The molecule has 1 aromatic carbocycles. The molecular weight excluding hydrogens is 334 g/mol. The van der Waals surface area contributed by atoms with Crippen LogP contribution in [0.15, 0.2) is 18.2 Å². The van der Waals surface area contributed by atoms with E-state index in [-0.39, 0.29) is 6.61 Å². The summed E-state index contributed by atoms with van der Waals surface area (Å²) in [6, 6.07) is 1.13. The zero-order valence-electron chi connectivity index (χ0n) is 11.6. The minimum absolute atomic E-state index is 0.282. The molecule has 0 aliphatic rings. The number of hydrogen-bond donors (Lipinski definition) is 2. The molecule has 2 atom stereocenters. The first kappa shape index (κ1) is 19.2. The van der Waals surface area contributed by atoms with Crippen LogP contribution in [0.4, 0.5) is 26.3 Å². The Morgan fingerprint density at radius 2 is 1.52 bits per heavy atom. The smallest absolute Gasteiger partial charge is 0.416 e. The van der Waals surface area contributed by atoms with E-state index in [0.717, 1.165) is 0 Å². The molecule has 0 aromatic heterocycles. The maximum atomic E-state index is 12.9. The first-order chi connectivity index (χ1) is 10.4. The van der Waals surface area contributed by atoms with E-state index in [9.17, 15) is 41.4 Å². The number of esters is 1. The number of halogens is 6. The van der Waals surface area contributed by atoms with Gasteiger partial charge in [-0.3, -0.25) is 0 Å². The highest BCUT2D eigenvalue weighted by atomic mass is 19.4. The first-order valence-corrected chi connectivity index (χ1v) is 6.21. The molecule has 130 valence electrons. The normalized spacial score (nSPS) is 15.2. The number of alkyl halides is 6. The minimum Gasteiger partial charge on any atom is -0.464 e. The first-order valence-electron chi connectivity index (χ1n) is 6.21. The molecule has 0 fully saturated rings. The van der Waals surface area contributed by atoms with Crippen molar-refractivity contribution in [1.82, 2.24) is 0 Å². The van der Waals surface area contributed by atoms with E-state index in [1.54, 1.807) is 0 Å². The fourth-order valence-electron chi connectivity index (χ4n) is 1.89. The molecular formula is C13H12F6O4. The number of aliphatic hydroxyl groups excluding tert-OH is 2. The Kier molecular flexibility index (Phi) is 5.65. The maximum absolute atomic E-state index is 12.9. The summed E-state index contributed by atoms with van der Waals surface area (Å²) < 4.78 is 81.8. The zero-order valence-corrected chi connectivity index (χ0v) is 11.6. The van der Waals surface area contributed by atoms with Crippen LogP contribution in [0.3, 0.4) is 0 Å². The van der Waals surface area contributed by atoms with Gasteiger partial charge in [0.1, 0.15) is 6.10 Å². The van der Waals surface area contributed by atoms with Crippen molar-refractivity contribution in [2.24, 2.45) is 0 Å². The number of benzene rings is 1. The number of rotatable bonds is 4. The summed E-state index contributed by atoms with van der Waals surface area (Å²) in [7, 11) is 0. The third-order valence-electron chi connectivity index (χ3n) is 2.84. The quantitative estimate of drug-likeness (QED) is 0.650. The number of ether oxygens (including phenoxy) is 1. The van der Waals surface area contributed by atoms with Crippen molar-refractivity contribution in [2.45, 2.75) is 31.5 Å². The lowest BCUT2D eigenvalue weighted by atomic mass is 9.92. The van der Waals surface area contributed by atoms with Crippen molar-refractivity contribution >= 4 is 5.97 Å². The molecule has 0 aliphatic carbocycles. The number of carbonyl (C=O) groups is 1. The molecule has 0 saturated carbocycles. The second kappa shape index (κ2) is 6.75. The highest BCUT2D eigenvalue weighted by Crippen LogP contribution is 2.42. The van der Waals surface area contributed by atoms with Crippen molar-refractivity contribution in [3.63, 3.8) is 0 Å². The Bertz CT molecular complexity index is 534. The molecule has 1 aromatic rings. The van der Waals surface area contributed by atoms with Crippen molar-refractivity contribution in [3.8, 4) is 0 Å². The van der Waals surface area contributed by atoms with Crippen LogP contribution in [-0.4, -0.2) is 28.9 Å². The van der Waals surface area contributed by atoms with Crippen LogP contribution in [0.2, 0.25) is 0 Å². The van der Waals surface area contributed by atoms with Crippen LogP contribution in [0.5, 0.6) is 0 Å². The highest BCUT2D eigenvalue weighted by Gasteiger charge is 2.44. The number of hydrogen-bond acceptors (Lipinski definition) is 4. The van der Waals surface area contributed by atoms with Crippen LogP contribution >= 0.6 is 0 Å². The van der Waals surface area contributed by atoms with Gasteiger partial charge in [0.2, 0.25) is 0 Å². The molecule has 0 aliphatic heterocycles. The standard InChI is InChI=1S/C13H12F6O4/c1-2-23-11(22)10(21)9(20)8-6(12(14,15)16)4-3-5-7(8)13(17,18)19/h3-5,9-10,20-21H,2H2,1H3. The summed E-state index contributed by atoms with van der Waals surface area (Å²) in [5.41, 5.74) is -5.24. The van der Waals surface area contributed by atoms with Crippen molar-refractivity contribution in [1.29, 1.82) is 0 Å². The predicted octanol–water partition coefficient (Wildman–Crippen LogP) is 2.68. The SMILES string of the molecule is CCOC(=O)C(O)C(O)c1c(C(F)(F)F)cccc1C(F)(F)F. The molecule has 0 amide bonds. The lowest BCUT2D eigenvalue weighted by molar-refractivity contribution is -0.163. The largest absolute Gasteiger partial charge is 0.464 e. The highest BCUT2D eigenvalue weighted by molar-refractivity contribution is 5.75. The predicted molar refractivity (Wildman–Crippen MR) is 64.0 cm³/mol. The van der Waals surface area contributed by atoms with Gasteiger partial charge in [-0.25, -0.2) is 4.79 Å². The lowest BCUT2D eigenvalue weighted by Crippen LogP contribution is -2.32. The third-order valence-corrected chi connectivity index (χ3v) is 2.84. The van der Waals surface area contributed by atoms with Crippen molar-refractivity contribution < 1.29 is 46.1 Å². The second-order valence-corrected chi connectivity index (χ2v) is 4.40. The summed E-state index contributed by atoms with van der Waals surface area (Å²) in [6.07, 6.45) is -15.8. The van der Waals surface area contributed by atoms with Crippen LogP contribution in [0, 0.1) is 0 Å². The van der Waals surface area contributed by atoms with Gasteiger partial charge >= 0.3 is 18.3 Å². The van der Waals surface area contributed by atoms with Gasteiger partial charge in [-0.1, -0.05) is 6.07 Å². The molecule has 0 spiro atoms. The van der Waals surface area contributed by atoms with Crippen LogP contribution < -0.4 is 0 Å². The van der Waals surface area contributed by atoms with Gasteiger partial charge in [-0.05, 0) is 19.1 Å². The summed E-state index contributed by atoms with van der Waals surface area (Å²) in [4.78, 5) is 11.3. The van der Waals surface area contributed by atoms with Crippen LogP contribution in [0.1, 0.15) is 29.7 Å². The Morgan fingerprint density at radius 3 is 1.87 bits per heavy atom. The average molecular weight is 346 g/mol. The molecule has 0 bridgehead atoms. The van der Waals surface area contributed by atoms with Gasteiger partial charge in [0.25, 0.3) is 0 Å². The van der Waals surface area contributed by atoms with Crippen molar-refractivity contribution in [3.05, 3.63) is 34.9 Å².